The molecule has 0 aromatic carbocycles. The lowest BCUT2D eigenvalue weighted by molar-refractivity contribution is -0.132. The lowest BCUT2D eigenvalue weighted by Crippen LogP contribution is -2.46. The molecule has 1 saturated heterocycles. The monoisotopic (exact) mass is 440 g/mol. The van der Waals surface area contributed by atoms with Gasteiger partial charge in [0.1, 0.15) is 10.7 Å². The second-order valence-corrected chi connectivity index (χ2v) is 9.16. The van der Waals surface area contributed by atoms with Crippen molar-refractivity contribution in [2.75, 3.05) is 40.4 Å². The molecule has 1 fully saturated rings. The maximum atomic E-state index is 12.9. The van der Waals surface area contributed by atoms with E-state index in [4.69, 9.17) is 4.74 Å². The molecule has 0 aliphatic carbocycles. The van der Waals surface area contributed by atoms with Crippen LogP contribution in [0.1, 0.15) is 23.5 Å². The highest BCUT2D eigenvalue weighted by Crippen LogP contribution is 2.25. The Morgan fingerprint density at radius 2 is 1.97 bits per heavy atom. The van der Waals surface area contributed by atoms with Crippen molar-refractivity contribution in [1.82, 2.24) is 30.0 Å². The van der Waals surface area contributed by atoms with Crippen molar-refractivity contribution in [3.05, 3.63) is 35.2 Å². The molecule has 1 aliphatic rings. The number of amides is 1. The van der Waals surface area contributed by atoms with Crippen LogP contribution < -0.4 is 0 Å². The Bertz CT molecular complexity index is 1050. The van der Waals surface area contributed by atoms with Gasteiger partial charge in [0.25, 0.3) is 0 Å². The van der Waals surface area contributed by atoms with Gasteiger partial charge in [0, 0.05) is 50.6 Å². The van der Waals surface area contributed by atoms with E-state index in [0.717, 1.165) is 71.3 Å². The third-order valence-corrected chi connectivity index (χ3v) is 6.69. The number of aromatic nitrogens is 4. The lowest BCUT2D eigenvalue weighted by atomic mass is 10.0. The summed E-state index contributed by atoms with van der Waals surface area (Å²) in [5.41, 5.74) is 1.57. The van der Waals surface area contributed by atoms with Gasteiger partial charge in [-0.1, -0.05) is 11.3 Å². The summed E-state index contributed by atoms with van der Waals surface area (Å²) in [4.78, 5) is 26.1. The first kappa shape index (κ1) is 21.7. The van der Waals surface area contributed by atoms with Gasteiger partial charge in [-0.3, -0.25) is 14.8 Å². The fraction of sp³-hybridized carbons (Fsp3) is 0.500. The van der Waals surface area contributed by atoms with Crippen molar-refractivity contribution in [3.63, 3.8) is 0 Å². The molecule has 164 valence electrons. The zero-order valence-electron chi connectivity index (χ0n) is 18.2. The molecule has 0 N–H and O–H groups in total. The number of carbonyl (C=O) groups excluding carboxylic acids is 1. The molecule has 0 spiro atoms. The molecule has 1 amide bonds. The molecule has 0 saturated carbocycles. The van der Waals surface area contributed by atoms with Crippen molar-refractivity contribution in [1.29, 1.82) is 0 Å². The predicted octanol–water partition coefficient (Wildman–Crippen LogP) is 2.57. The smallest absolute Gasteiger partial charge is 0.228 e. The Hall–Kier alpha value is -2.49. The number of rotatable bonds is 7. The number of aryl methyl sites for hydroxylation is 1. The van der Waals surface area contributed by atoms with Crippen molar-refractivity contribution in [2.45, 2.75) is 32.2 Å². The van der Waals surface area contributed by atoms with Crippen LogP contribution in [0.4, 0.5) is 0 Å². The first-order valence-corrected chi connectivity index (χ1v) is 11.4. The summed E-state index contributed by atoms with van der Waals surface area (Å²) >= 11 is 1.52. The van der Waals surface area contributed by atoms with E-state index in [1.165, 1.54) is 11.3 Å². The molecular formula is C22H28N6O2S. The summed E-state index contributed by atoms with van der Waals surface area (Å²) in [7, 11) is 3.86. The second-order valence-electron chi connectivity index (χ2n) is 7.98. The quantitative estimate of drug-likeness (QED) is 0.558. The van der Waals surface area contributed by atoms with Gasteiger partial charge in [0.05, 0.1) is 18.7 Å². The topological polar surface area (TPSA) is 84.3 Å². The summed E-state index contributed by atoms with van der Waals surface area (Å²) in [6.07, 6.45) is 5.89. The van der Waals surface area contributed by atoms with E-state index in [0.29, 0.717) is 12.5 Å². The maximum Gasteiger partial charge on any atom is 0.228 e. The second kappa shape index (κ2) is 9.76. The van der Waals surface area contributed by atoms with Crippen molar-refractivity contribution < 1.29 is 9.53 Å². The van der Waals surface area contributed by atoms with E-state index in [1.807, 2.05) is 24.0 Å². The molecule has 1 aliphatic heterocycles. The first-order chi connectivity index (χ1) is 15.0. The molecule has 0 unspecified atom stereocenters. The Kier molecular flexibility index (Phi) is 6.84. The minimum atomic E-state index is 0.138. The SMILES string of the molecule is COCCN(C)C1CCN(C(=O)Cc2cc3cc(-c4nnc(C)s4)ncc3cn2)CC1. The number of hydrogen-bond donors (Lipinski definition) is 0. The Morgan fingerprint density at radius 1 is 1.19 bits per heavy atom. The highest BCUT2D eigenvalue weighted by atomic mass is 32.1. The summed E-state index contributed by atoms with van der Waals surface area (Å²) in [6.45, 7) is 5.16. The van der Waals surface area contributed by atoms with Crippen LogP contribution in [-0.2, 0) is 16.0 Å². The van der Waals surface area contributed by atoms with Crippen molar-refractivity contribution >= 4 is 28.0 Å². The van der Waals surface area contributed by atoms with E-state index in [9.17, 15) is 4.79 Å². The summed E-state index contributed by atoms with van der Waals surface area (Å²) < 4.78 is 5.17. The van der Waals surface area contributed by atoms with Gasteiger partial charge < -0.3 is 14.5 Å². The van der Waals surface area contributed by atoms with Crippen LogP contribution in [0.2, 0.25) is 0 Å². The van der Waals surface area contributed by atoms with E-state index < -0.39 is 0 Å². The fourth-order valence-electron chi connectivity index (χ4n) is 3.94. The van der Waals surface area contributed by atoms with Gasteiger partial charge in [-0.15, -0.1) is 10.2 Å². The summed E-state index contributed by atoms with van der Waals surface area (Å²) in [5.74, 6) is 0.138. The Labute approximate surface area is 186 Å². The third kappa shape index (κ3) is 5.23. The zero-order valence-corrected chi connectivity index (χ0v) is 19.1. The molecule has 3 aromatic rings. The van der Waals surface area contributed by atoms with Gasteiger partial charge in [-0.25, -0.2) is 0 Å². The van der Waals surface area contributed by atoms with Crippen LogP contribution in [0, 0.1) is 6.92 Å². The van der Waals surface area contributed by atoms with Crippen LogP contribution in [0.5, 0.6) is 0 Å². The average molecular weight is 441 g/mol. The molecule has 9 heteroatoms. The number of fused-ring (bicyclic) bond motifs is 1. The van der Waals surface area contributed by atoms with Gasteiger partial charge in [0.2, 0.25) is 5.91 Å². The molecule has 0 bridgehead atoms. The van der Waals surface area contributed by atoms with Gasteiger partial charge in [0.15, 0.2) is 5.01 Å². The van der Waals surface area contributed by atoms with Gasteiger partial charge >= 0.3 is 0 Å². The first-order valence-electron chi connectivity index (χ1n) is 10.6. The zero-order chi connectivity index (χ0) is 21.8. The van der Waals surface area contributed by atoms with Crippen LogP contribution in [0.3, 0.4) is 0 Å². The number of likely N-dealkylation sites (tertiary alicyclic amines) is 1. The molecule has 31 heavy (non-hydrogen) atoms. The summed E-state index contributed by atoms with van der Waals surface area (Å²) in [6, 6.07) is 4.48. The van der Waals surface area contributed by atoms with Crippen molar-refractivity contribution in [2.24, 2.45) is 0 Å². The minimum Gasteiger partial charge on any atom is -0.383 e. The molecule has 0 atom stereocenters. The molecular weight excluding hydrogens is 412 g/mol. The van der Waals surface area contributed by atoms with Gasteiger partial charge in [-0.2, -0.15) is 0 Å². The van der Waals surface area contributed by atoms with Crippen LogP contribution in [0.15, 0.2) is 24.5 Å². The van der Waals surface area contributed by atoms with E-state index in [-0.39, 0.29) is 5.91 Å². The highest BCUT2D eigenvalue weighted by molar-refractivity contribution is 7.14. The number of nitrogens with zero attached hydrogens (tertiary/aromatic N) is 6. The normalized spacial score (nSPS) is 15.2. The van der Waals surface area contributed by atoms with Crippen LogP contribution in [0.25, 0.3) is 21.5 Å². The minimum absolute atomic E-state index is 0.138. The van der Waals surface area contributed by atoms with E-state index in [2.05, 4.69) is 32.1 Å². The molecule has 8 nitrogen and oxygen atoms in total. The number of likely N-dealkylation sites (N-methyl/N-ethyl adjacent to an activating group) is 1. The lowest BCUT2D eigenvalue weighted by Gasteiger charge is -2.36. The number of methoxy groups -OCH3 is 1. The molecule has 3 aromatic heterocycles. The van der Waals surface area contributed by atoms with E-state index in [1.54, 1.807) is 19.5 Å². The number of pyridine rings is 2. The van der Waals surface area contributed by atoms with E-state index >= 15 is 0 Å². The number of piperidine rings is 1. The standard InChI is InChI=1S/C22H28N6O2S/c1-15-25-26-22(31-15)20-11-16-10-18(23-13-17(16)14-24-20)12-21(29)28-6-4-19(5-7-28)27(2)8-9-30-3/h10-11,13-14,19H,4-9,12H2,1-3H3. The van der Waals surface area contributed by atoms with Crippen LogP contribution >= 0.6 is 11.3 Å². The highest BCUT2D eigenvalue weighted by Gasteiger charge is 2.25. The Morgan fingerprint density at radius 3 is 2.68 bits per heavy atom. The average Bonchev–Trinajstić information content (AvgIpc) is 3.23. The fourth-order valence-corrected chi connectivity index (χ4v) is 4.60. The molecule has 0 radical (unpaired) electrons. The van der Waals surface area contributed by atoms with Crippen LogP contribution in [-0.4, -0.2) is 82.3 Å². The van der Waals surface area contributed by atoms with Crippen molar-refractivity contribution in [3.8, 4) is 10.7 Å². The number of hydrogen-bond acceptors (Lipinski definition) is 8. The predicted molar refractivity (Wildman–Crippen MR) is 121 cm³/mol. The summed E-state index contributed by atoms with van der Waals surface area (Å²) in [5, 5.41) is 11.9. The number of carbonyl (C=O) groups is 1. The number of ether oxygens (including phenoxy) is 1. The third-order valence-electron chi connectivity index (χ3n) is 5.83. The van der Waals surface area contributed by atoms with Gasteiger partial charge in [-0.05, 0) is 44.3 Å². The molecule has 4 heterocycles. The molecule has 4 rings (SSSR count). The largest absolute Gasteiger partial charge is 0.383 e. The Balaban J connectivity index is 1.39. The maximum absolute atomic E-state index is 12.9.